The predicted molar refractivity (Wildman–Crippen MR) is 113 cm³/mol. The summed E-state index contributed by atoms with van der Waals surface area (Å²) in [5, 5.41) is 103. The number of ether oxygens (including phenoxy) is 5. The lowest BCUT2D eigenvalue weighted by Gasteiger charge is -2.48. The maximum absolute atomic E-state index is 11.6. The van der Waals surface area contributed by atoms with Crippen LogP contribution in [0.3, 0.4) is 0 Å². The van der Waals surface area contributed by atoms with Gasteiger partial charge in [0, 0.05) is 6.92 Å². The molecular formula is C20H35NO16. The Labute approximate surface area is 210 Å². The summed E-state index contributed by atoms with van der Waals surface area (Å²) in [5.41, 5.74) is 0. The minimum absolute atomic E-state index is 0.638. The van der Waals surface area contributed by atoms with Crippen LogP contribution in [0.2, 0.25) is 0 Å². The highest BCUT2D eigenvalue weighted by molar-refractivity contribution is 5.73. The average molecular weight is 545 g/mol. The number of hydrogen-bond acceptors (Lipinski definition) is 16. The summed E-state index contributed by atoms with van der Waals surface area (Å²) in [4.78, 5) is 11.6. The number of aliphatic hydroxyl groups excluding tert-OH is 10. The first-order valence-corrected chi connectivity index (χ1v) is 11.6. The van der Waals surface area contributed by atoms with Crippen molar-refractivity contribution in [3.8, 4) is 0 Å². The molecule has 17 nitrogen and oxygen atoms in total. The molecule has 17 heteroatoms. The monoisotopic (exact) mass is 545 g/mol. The highest BCUT2D eigenvalue weighted by atomic mass is 16.7. The molecule has 0 aliphatic carbocycles. The normalized spacial score (nSPS) is 49.0. The van der Waals surface area contributed by atoms with E-state index in [-0.39, 0.29) is 0 Å². The van der Waals surface area contributed by atoms with E-state index in [0.29, 0.717) is 0 Å². The van der Waals surface area contributed by atoms with Gasteiger partial charge in [0.1, 0.15) is 73.2 Å². The quantitative estimate of drug-likeness (QED) is 0.135. The van der Waals surface area contributed by atoms with E-state index in [1.807, 2.05) is 0 Å². The van der Waals surface area contributed by atoms with Crippen molar-refractivity contribution < 1.29 is 79.5 Å². The Balaban J connectivity index is 1.77. The first kappa shape index (κ1) is 30.4. The minimum Gasteiger partial charge on any atom is -0.394 e. The maximum atomic E-state index is 11.6. The van der Waals surface area contributed by atoms with Crippen molar-refractivity contribution in [2.45, 2.75) is 99.0 Å². The Morgan fingerprint density at radius 3 is 1.76 bits per heavy atom. The summed E-state index contributed by atoms with van der Waals surface area (Å²) in [6.07, 6.45) is -23.3. The van der Waals surface area contributed by atoms with E-state index < -0.39 is 118 Å². The molecule has 0 aromatic heterocycles. The highest BCUT2D eigenvalue weighted by Crippen LogP contribution is 2.32. The van der Waals surface area contributed by atoms with Crippen molar-refractivity contribution >= 4 is 5.91 Å². The molecule has 0 bridgehead atoms. The Morgan fingerprint density at radius 2 is 1.19 bits per heavy atom. The fraction of sp³-hybridized carbons (Fsp3) is 0.950. The average Bonchev–Trinajstić information content (AvgIpc) is 2.87. The third-order valence-electron chi connectivity index (χ3n) is 6.49. The van der Waals surface area contributed by atoms with Gasteiger partial charge in [-0.15, -0.1) is 0 Å². The van der Waals surface area contributed by atoms with E-state index in [2.05, 4.69) is 5.32 Å². The van der Waals surface area contributed by atoms with Crippen LogP contribution in [0.1, 0.15) is 6.92 Å². The van der Waals surface area contributed by atoms with Crippen LogP contribution >= 0.6 is 0 Å². The lowest BCUT2D eigenvalue weighted by atomic mass is 9.95. The van der Waals surface area contributed by atoms with Crippen LogP contribution in [0.15, 0.2) is 0 Å². The first-order valence-electron chi connectivity index (χ1n) is 11.6. The number of aliphatic hydroxyl groups is 10. The van der Waals surface area contributed by atoms with Gasteiger partial charge in [-0.05, 0) is 0 Å². The molecule has 3 saturated heterocycles. The molecule has 0 unspecified atom stereocenters. The Bertz CT molecular complexity index is 745. The van der Waals surface area contributed by atoms with Gasteiger partial charge in [0.15, 0.2) is 18.9 Å². The van der Waals surface area contributed by atoms with E-state index >= 15 is 0 Å². The molecule has 0 aromatic rings. The number of hydrogen-bond donors (Lipinski definition) is 11. The van der Waals surface area contributed by atoms with Gasteiger partial charge < -0.3 is 80.1 Å². The van der Waals surface area contributed by atoms with Gasteiger partial charge in [0.25, 0.3) is 0 Å². The van der Waals surface area contributed by atoms with Crippen molar-refractivity contribution in [2.75, 3.05) is 19.8 Å². The number of nitrogens with one attached hydrogen (secondary N) is 1. The zero-order valence-corrected chi connectivity index (χ0v) is 19.7. The SMILES string of the molecule is CC(=O)N[C@H]1[C@H](O[C@H]2[C@H](O)[C@H](O)[C@@H](O[C@@H]3[C@H](O)[C@H](O)O[C@H](CO)[C@H]3O)O[C@@H]2CO)O[C@H](CO)[C@@H](O)[C@@H]1O. The van der Waals surface area contributed by atoms with Crippen LogP contribution in [-0.4, -0.2) is 169 Å². The third-order valence-corrected chi connectivity index (χ3v) is 6.49. The van der Waals surface area contributed by atoms with Crippen molar-refractivity contribution in [1.29, 1.82) is 0 Å². The second-order valence-corrected chi connectivity index (χ2v) is 9.07. The molecule has 15 atom stereocenters. The largest absolute Gasteiger partial charge is 0.394 e. The molecule has 0 aromatic carbocycles. The minimum atomic E-state index is -1.94. The number of carbonyl (C=O) groups is 1. The molecule has 3 fully saturated rings. The molecular weight excluding hydrogens is 510 g/mol. The lowest BCUT2D eigenvalue weighted by Crippen LogP contribution is -2.68. The van der Waals surface area contributed by atoms with Crippen LogP contribution in [0, 0.1) is 0 Å². The van der Waals surface area contributed by atoms with Crippen molar-refractivity contribution in [2.24, 2.45) is 0 Å². The molecule has 3 aliphatic heterocycles. The smallest absolute Gasteiger partial charge is 0.217 e. The van der Waals surface area contributed by atoms with Crippen LogP contribution in [-0.2, 0) is 28.5 Å². The zero-order valence-electron chi connectivity index (χ0n) is 19.7. The van der Waals surface area contributed by atoms with Crippen LogP contribution in [0.25, 0.3) is 0 Å². The van der Waals surface area contributed by atoms with Gasteiger partial charge in [-0.3, -0.25) is 4.79 Å². The van der Waals surface area contributed by atoms with E-state index in [4.69, 9.17) is 23.7 Å². The van der Waals surface area contributed by atoms with Crippen molar-refractivity contribution in [3.63, 3.8) is 0 Å². The van der Waals surface area contributed by atoms with Gasteiger partial charge in [-0.1, -0.05) is 0 Å². The van der Waals surface area contributed by atoms with Crippen LogP contribution < -0.4 is 5.32 Å². The van der Waals surface area contributed by atoms with E-state index in [9.17, 15) is 55.9 Å². The van der Waals surface area contributed by atoms with Gasteiger partial charge in [-0.25, -0.2) is 0 Å². The summed E-state index contributed by atoms with van der Waals surface area (Å²) in [5.74, 6) is -0.638. The molecule has 1 amide bonds. The summed E-state index contributed by atoms with van der Waals surface area (Å²) < 4.78 is 26.8. The standard InChI is InChI=1S/C20H35NO16/c1-5(25)21-9-12(28)10(26)6(2-22)34-19(9)36-16-8(4-24)35-20(14(30)13(16)29)37-17-11(27)7(3-23)33-18(32)15(17)31/h6-20,22-24,26-32H,2-4H2,1H3,(H,21,25)/t6-,7-,8-,9-,10-,11-,12-,13-,14+,15+,16-,17+,18-,19+,20-/m1/s1. The molecule has 0 saturated carbocycles. The molecule has 11 N–H and O–H groups in total. The number of rotatable bonds is 8. The Hall–Kier alpha value is -1.13. The topological polar surface area (TPSA) is 278 Å². The van der Waals surface area contributed by atoms with Crippen molar-refractivity contribution in [3.05, 3.63) is 0 Å². The van der Waals surface area contributed by atoms with Gasteiger partial charge in [-0.2, -0.15) is 0 Å². The summed E-state index contributed by atoms with van der Waals surface area (Å²) in [6.45, 7) is -1.20. The summed E-state index contributed by atoms with van der Waals surface area (Å²) in [7, 11) is 0. The fourth-order valence-corrected chi connectivity index (χ4v) is 4.46. The second kappa shape index (κ2) is 12.8. The Morgan fingerprint density at radius 1 is 0.649 bits per heavy atom. The predicted octanol–water partition coefficient (Wildman–Crippen LogP) is -7.43. The van der Waals surface area contributed by atoms with Crippen LogP contribution in [0.5, 0.6) is 0 Å². The third kappa shape index (κ3) is 6.38. The number of carbonyl (C=O) groups excluding carboxylic acids is 1. The second-order valence-electron chi connectivity index (χ2n) is 9.07. The van der Waals surface area contributed by atoms with E-state index in [1.54, 1.807) is 0 Å². The molecule has 3 heterocycles. The summed E-state index contributed by atoms with van der Waals surface area (Å²) in [6, 6.07) is -1.39. The number of amides is 1. The van der Waals surface area contributed by atoms with Crippen molar-refractivity contribution in [1.82, 2.24) is 5.32 Å². The molecule has 3 rings (SSSR count). The highest BCUT2D eigenvalue weighted by Gasteiger charge is 2.53. The molecule has 3 aliphatic rings. The molecule has 216 valence electrons. The molecule has 37 heavy (non-hydrogen) atoms. The zero-order chi connectivity index (χ0) is 27.6. The summed E-state index contributed by atoms with van der Waals surface area (Å²) >= 11 is 0. The van der Waals surface area contributed by atoms with Crippen LogP contribution in [0.4, 0.5) is 0 Å². The maximum Gasteiger partial charge on any atom is 0.217 e. The Kier molecular flexibility index (Phi) is 10.5. The van der Waals surface area contributed by atoms with Gasteiger partial charge in [0.05, 0.1) is 19.8 Å². The lowest BCUT2D eigenvalue weighted by molar-refractivity contribution is -0.372. The first-order chi connectivity index (χ1) is 17.4. The van der Waals surface area contributed by atoms with Gasteiger partial charge in [0.2, 0.25) is 5.91 Å². The fourth-order valence-electron chi connectivity index (χ4n) is 4.46. The van der Waals surface area contributed by atoms with E-state index in [0.717, 1.165) is 6.92 Å². The van der Waals surface area contributed by atoms with Gasteiger partial charge >= 0.3 is 0 Å². The molecule has 0 radical (unpaired) electrons. The molecule has 0 spiro atoms. The van der Waals surface area contributed by atoms with E-state index in [1.165, 1.54) is 0 Å².